The number of nitrogens with one attached hydrogen (secondary N) is 3. The number of halogens is 1. The number of carbonyl (C=O) groups excluding carboxylic acids is 1. The van der Waals surface area contributed by atoms with E-state index in [0.29, 0.717) is 0 Å². The maximum Gasteiger partial charge on any atom is 0.270 e. The summed E-state index contributed by atoms with van der Waals surface area (Å²) in [5.74, 6) is -0.533. The fraction of sp³-hybridized carbons (Fsp3) is 0.0667. The van der Waals surface area contributed by atoms with Crippen molar-refractivity contribution >= 4 is 50.5 Å². The Balaban J connectivity index is 1.93. The van der Waals surface area contributed by atoms with Gasteiger partial charge in [-0.2, -0.15) is 0 Å². The summed E-state index contributed by atoms with van der Waals surface area (Å²) in [7, 11) is 0. The number of rotatable bonds is 3. The zero-order valence-corrected chi connectivity index (χ0v) is 14.9. The molecule has 24 heavy (non-hydrogen) atoms. The first-order valence-electron chi connectivity index (χ1n) is 6.75. The van der Waals surface area contributed by atoms with Crippen molar-refractivity contribution in [1.29, 1.82) is 0 Å². The van der Waals surface area contributed by atoms with Crippen molar-refractivity contribution in [3.8, 4) is 0 Å². The number of hydrogen-bond acceptors (Lipinski definition) is 4. The van der Waals surface area contributed by atoms with Crippen LogP contribution in [0.5, 0.6) is 0 Å². The molecule has 0 aliphatic carbocycles. The fourth-order valence-electron chi connectivity index (χ4n) is 1.83. The molecule has 1 amide bonds. The second-order valence-corrected chi connectivity index (χ2v) is 6.07. The average Bonchev–Trinajstić information content (AvgIpc) is 2.56. The number of aryl methyl sites for hydroxylation is 1. The fourth-order valence-corrected chi connectivity index (χ4v) is 2.25. The molecule has 0 unspecified atom stereocenters. The Labute approximate surface area is 151 Å². The number of nitro benzene ring substituents is 1. The van der Waals surface area contributed by atoms with Crippen LogP contribution in [0, 0.1) is 17.0 Å². The van der Waals surface area contributed by atoms with Gasteiger partial charge in [0.2, 0.25) is 0 Å². The van der Waals surface area contributed by atoms with E-state index in [1.165, 1.54) is 24.3 Å². The van der Waals surface area contributed by atoms with Gasteiger partial charge in [-0.25, -0.2) is 0 Å². The van der Waals surface area contributed by atoms with Gasteiger partial charge in [0.25, 0.3) is 11.6 Å². The molecule has 0 radical (unpaired) electrons. The highest BCUT2D eigenvalue weighted by Crippen LogP contribution is 2.19. The van der Waals surface area contributed by atoms with Gasteiger partial charge in [-0.3, -0.25) is 25.8 Å². The lowest BCUT2D eigenvalue weighted by Crippen LogP contribution is -2.43. The highest BCUT2D eigenvalue weighted by Gasteiger charge is 2.11. The third-order valence-electron chi connectivity index (χ3n) is 3.02. The lowest BCUT2D eigenvalue weighted by atomic mass is 10.2. The lowest BCUT2D eigenvalue weighted by Gasteiger charge is -2.12. The van der Waals surface area contributed by atoms with Gasteiger partial charge < -0.3 is 5.32 Å². The topological polar surface area (TPSA) is 96.3 Å². The molecule has 0 fully saturated rings. The molecule has 2 aromatic carbocycles. The summed E-state index contributed by atoms with van der Waals surface area (Å²) < 4.78 is 0.978. The van der Waals surface area contributed by atoms with E-state index in [2.05, 4.69) is 32.1 Å². The van der Waals surface area contributed by atoms with Gasteiger partial charge in [-0.05, 0) is 49.0 Å². The van der Waals surface area contributed by atoms with Crippen LogP contribution in [0.25, 0.3) is 0 Å². The number of hydrazine groups is 1. The summed E-state index contributed by atoms with van der Waals surface area (Å²) in [6, 6.07) is 11.0. The highest BCUT2D eigenvalue weighted by molar-refractivity contribution is 9.10. The Hall–Kier alpha value is -2.52. The minimum atomic E-state index is -0.563. The van der Waals surface area contributed by atoms with E-state index in [4.69, 9.17) is 12.2 Å². The molecule has 0 atom stereocenters. The molecule has 0 aromatic heterocycles. The molecule has 0 heterocycles. The van der Waals surface area contributed by atoms with Crippen LogP contribution in [0.3, 0.4) is 0 Å². The molecule has 0 aliphatic heterocycles. The molecule has 9 heteroatoms. The molecule has 2 rings (SSSR count). The van der Waals surface area contributed by atoms with Gasteiger partial charge in [-0.1, -0.05) is 22.0 Å². The van der Waals surface area contributed by atoms with Crippen molar-refractivity contribution in [2.24, 2.45) is 0 Å². The van der Waals surface area contributed by atoms with E-state index in [9.17, 15) is 14.9 Å². The minimum Gasteiger partial charge on any atom is -0.331 e. The van der Waals surface area contributed by atoms with Crippen molar-refractivity contribution in [3.63, 3.8) is 0 Å². The normalized spacial score (nSPS) is 9.92. The number of amides is 1. The highest BCUT2D eigenvalue weighted by atomic mass is 79.9. The third kappa shape index (κ3) is 4.74. The molecule has 0 saturated carbocycles. The second-order valence-electron chi connectivity index (χ2n) is 4.80. The molecule has 0 saturated heterocycles. The summed E-state index contributed by atoms with van der Waals surface area (Å²) in [4.78, 5) is 22.1. The predicted octanol–water partition coefficient (Wildman–Crippen LogP) is 3.30. The van der Waals surface area contributed by atoms with E-state index in [1.807, 2.05) is 25.1 Å². The number of non-ortho nitro benzene ring substituents is 1. The molecule has 0 bridgehead atoms. The Bertz CT molecular complexity index is 813. The number of hydrogen-bond donors (Lipinski definition) is 3. The summed E-state index contributed by atoms with van der Waals surface area (Å²) in [5, 5.41) is 13.8. The summed E-state index contributed by atoms with van der Waals surface area (Å²) >= 11 is 8.50. The maximum atomic E-state index is 12.0. The number of anilines is 1. The largest absolute Gasteiger partial charge is 0.331 e. The first kappa shape index (κ1) is 17.8. The molecule has 0 spiro atoms. The first-order chi connectivity index (χ1) is 11.4. The van der Waals surface area contributed by atoms with Crippen LogP contribution < -0.4 is 16.2 Å². The van der Waals surface area contributed by atoms with Gasteiger partial charge in [0.15, 0.2) is 5.11 Å². The minimum absolute atomic E-state index is 0.152. The summed E-state index contributed by atoms with van der Waals surface area (Å²) in [6.07, 6.45) is 0. The number of benzene rings is 2. The zero-order chi connectivity index (χ0) is 17.7. The van der Waals surface area contributed by atoms with E-state index in [0.717, 1.165) is 15.7 Å². The van der Waals surface area contributed by atoms with E-state index >= 15 is 0 Å². The van der Waals surface area contributed by atoms with Crippen LogP contribution in [0.2, 0.25) is 0 Å². The number of nitrogens with zero attached hydrogens (tertiary/aromatic N) is 1. The Morgan fingerprint density at radius 1 is 1.21 bits per heavy atom. The monoisotopic (exact) mass is 408 g/mol. The second kappa shape index (κ2) is 7.84. The molecule has 0 aliphatic rings. The molecule has 124 valence electrons. The van der Waals surface area contributed by atoms with Crippen molar-refractivity contribution in [1.82, 2.24) is 10.9 Å². The summed E-state index contributed by atoms with van der Waals surface area (Å²) in [5.41, 5.74) is 6.72. The van der Waals surface area contributed by atoms with Crippen LogP contribution >= 0.6 is 28.1 Å². The van der Waals surface area contributed by atoms with E-state index in [-0.39, 0.29) is 16.4 Å². The van der Waals surface area contributed by atoms with Crippen molar-refractivity contribution in [2.45, 2.75) is 6.92 Å². The van der Waals surface area contributed by atoms with Crippen LogP contribution in [0.4, 0.5) is 11.4 Å². The SMILES string of the molecule is Cc1cc(NC(=S)NNC(=O)c2cccc([N+](=O)[O-])c2)ccc1Br. The molecular formula is C15H13BrN4O3S. The molecular weight excluding hydrogens is 396 g/mol. The van der Waals surface area contributed by atoms with E-state index < -0.39 is 10.8 Å². The van der Waals surface area contributed by atoms with Gasteiger partial charge in [-0.15, -0.1) is 0 Å². The van der Waals surface area contributed by atoms with Crippen molar-refractivity contribution in [3.05, 3.63) is 68.2 Å². The average molecular weight is 409 g/mol. The first-order valence-corrected chi connectivity index (χ1v) is 7.95. The van der Waals surface area contributed by atoms with Crippen LogP contribution in [-0.2, 0) is 0 Å². The van der Waals surface area contributed by atoms with Crippen molar-refractivity contribution < 1.29 is 9.72 Å². The quantitative estimate of drug-likeness (QED) is 0.409. The lowest BCUT2D eigenvalue weighted by molar-refractivity contribution is -0.384. The van der Waals surface area contributed by atoms with Crippen LogP contribution in [-0.4, -0.2) is 15.9 Å². The standard InChI is InChI=1S/C15H13BrN4O3S/c1-9-7-11(5-6-13(9)16)17-15(24)19-18-14(21)10-3-2-4-12(8-10)20(22)23/h2-8H,1H3,(H,18,21)(H2,17,19,24). The Morgan fingerprint density at radius 3 is 2.62 bits per heavy atom. The van der Waals surface area contributed by atoms with Gasteiger partial charge in [0.05, 0.1) is 4.92 Å². The van der Waals surface area contributed by atoms with E-state index in [1.54, 1.807) is 0 Å². The van der Waals surface area contributed by atoms with Crippen molar-refractivity contribution in [2.75, 3.05) is 5.32 Å². The molecule has 7 nitrogen and oxygen atoms in total. The maximum absolute atomic E-state index is 12.0. The molecule has 3 N–H and O–H groups in total. The Kier molecular flexibility index (Phi) is 5.83. The van der Waals surface area contributed by atoms with Gasteiger partial charge in [0, 0.05) is 27.9 Å². The van der Waals surface area contributed by atoms with Gasteiger partial charge >= 0.3 is 0 Å². The number of nitro groups is 1. The predicted molar refractivity (Wildman–Crippen MR) is 98.8 cm³/mol. The number of carbonyl (C=O) groups is 1. The number of thiocarbonyl (C=S) groups is 1. The van der Waals surface area contributed by atoms with Gasteiger partial charge in [0.1, 0.15) is 0 Å². The zero-order valence-electron chi connectivity index (χ0n) is 12.5. The van der Waals surface area contributed by atoms with Crippen LogP contribution in [0.1, 0.15) is 15.9 Å². The summed E-state index contributed by atoms with van der Waals surface area (Å²) in [6.45, 7) is 1.94. The molecule has 2 aromatic rings. The Morgan fingerprint density at radius 2 is 1.96 bits per heavy atom. The van der Waals surface area contributed by atoms with Crippen LogP contribution in [0.15, 0.2) is 46.9 Å². The smallest absolute Gasteiger partial charge is 0.270 e. The third-order valence-corrected chi connectivity index (χ3v) is 4.12.